The van der Waals surface area contributed by atoms with E-state index in [0.29, 0.717) is 29.3 Å². The van der Waals surface area contributed by atoms with Crippen LogP contribution in [0.5, 0.6) is 0 Å². The lowest BCUT2D eigenvalue weighted by Gasteiger charge is -2.22. The van der Waals surface area contributed by atoms with E-state index in [1.165, 1.54) is 18.5 Å². The molecular formula is C16H24N6OS. The summed E-state index contributed by atoms with van der Waals surface area (Å²) in [7, 11) is 1.86. The van der Waals surface area contributed by atoms with Gasteiger partial charge in [-0.25, -0.2) is 0 Å². The van der Waals surface area contributed by atoms with Crippen LogP contribution in [0.3, 0.4) is 0 Å². The first kappa shape index (κ1) is 16.9. The van der Waals surface area contributed by atoms with Gasteiger partial charge in [-0.3, -0.25) is 14.6 Å². The highest BCUT2D eigenvalue weighted by molar-refractivity contribution is 7.71. The third-order valence-corrected chi connectivity index (χ3v) is 4.57. The molecule has 2 aromatic heterocycles. The maximum Gasteiger partial charge on any atom is 0.271 e. The average Bonchev–Trinajstić information content (AvgIpc) is 3.17. The molecule has 0 radical (unpaired) electrons. The van der Waals surface area contributed by atoms with Crippen molar-refractivity contribution in [3.63, 3.8) is 0 Å². The number of aromatic amines is 1. The zero-order valence-corrected chi connectivity index (χ0v) is 15.4. The fraction of sp³-hybridized carbons (Fsp3) is 0.625. The van der Waals surface area contributed by atoms with Gasteiger partial charge in [0.15, 0.2) is 4.77 Å². The number of rotatable bonds is 5. The van der Waals surface area contributed by atoms with E-state index in [2.05, 4.69) is 41.4 Å². The van der Waals surface area contributed by atoms with Crippen LogP contribution in [0.1, 0.15) is 61.5 Å². The van der Waals surface area contributed by atoms with E-state index < -0.39 is 0 Å². The molecule has 3 rings (SSSR count). The molecular weight excluding hydrogens is 324 g/mol. The smallest absolute Gasteiger partial charge is 0.271 e. The summed E-state index contributed by atoms with van der Waals surface area (Å²) in [5, 5.41) is 14.4. The van der Waals surface area contributed by atoms with Crippen LogP contribution in [0.4, 0.5) is 0 Å². The lowest BCUT2D eigenvalue weighted by molar-refractivity contribution is 0.0947. The SMILES string of the molecule is Cn1c(CCNC(=O)c2cc(C3CC3)n(C(C)(C)C)n2)n[nH]c1=S. The molecule has 7 nitrogen and oxygen atoms in total. The molecule has 0 atom stereocenters. The first-order valence-electron chi connectivity index (χ1n) is 8.26. The quantitative estimate of drug-likeness (QED) is 0.813. The number of H-pyrrole nitrogens is 1. The lowest BCUT2D eigenvalue weighted by Crippen LogP contribution is -2.28. The molecule has 0 aromatic carbocycles. The Labute approximate surface area is 146 Å². The number of hydrogen-bond donors (Lipinski definition) is 2. The molecule has 0 aliphatic heterocycles. The van der Waals surface area contributed by atoms with Crippen LogP contribution in [-0.4, -0.2) is 37.0 Å². The normalized spacial score (nSPS) is 14.8. The van der Waals surface area contributed by atoms with Gasteiger partial charge in [-0.15, -0.1) is 0 Å². The number of nitrogens with one attached hydrogen (secondary N) is 2. The summed E-state index contributed by atoms with van der Waals surface area (Å²) < 4.78 is 4.38. The number of carbonyl (C=O) groups is 1. The molecule has 24 heavy (non-hydrogen) atoms. The average molecular weight is 348 g/mol. The van der Waals surface area contributed by atoms with Gasteiger partial charge < -0.3 is 9.88 Å². The molecule has 1 aliphatic rings. The van der Waals surface area contributed by atoms with Crippen LogP contribution in [0.2, 0.25) is 0 Å². The Morgan fingerprint density at radius 3 is 2.71 bits per heavy atom. The molecule has 0 unspecified atom stereocenters. The Hall–Kier alpha value is -1.96. The van der Waals surface area contributed by atoms with E-state index in [1.54, 1.807) is 4.57 Å². The van der Waals surface area contributed by atoms with E-state index >= 15 is 0 Å². The predicted octanol–water partition coefficient (Wildman–Crippen LogP) is 2.28. The molecule has 0 saturated heterocycles. The highest BCUT2D eigenvalue weighted by atomic mass is 32.1. The van der Waals surface area contributed by atoms with Gasteiger partial charge in [0, 0.05) is 31.6 Å². The fourth-order valence-electron chi connectivity index (χ4n) is 2.70. The second-order valence-corrected chi connectivity index (χ2v) is 7.71. The van der Waals surface area contributed by atoms with E-state index in [0.717, 1.165) is 5.82 Å². The van der Waals surface area contributed by atoms with E-state index in [-0.39, 0.29) is 11.4 Å². The first-order chi connectivity index (χ1) is 11.3. The molecule has 1 amide bonds. The Balaban J connectivity index is 1.67. The predicted molar refractivity (Wildman–Crippen MR) is 93.6 cm³/mol. The first-order valence-corrected chi connectivity index (χ1v) is 8.67. The molecule has 1 aliphatic carbocycles. The van der Waals surface area contributed by atoms with Crippen LogP contribution in [0.15, 0.2) is 6.07 Å². The molecule has 2 N–H and O–H groups in total. The molecule has 130 valence electrons. The number of aromatic nitrogens is 5. The van der Waals surface area contributed by atoms with Crippen molar-refractivity contribution in [2.24, 2.45) is 7.05 Å². The van der Waals surface area contributed by atoms with Crippen molar-refractivity contribution in [3.05, 3.63) is 28.0 Å². The minimum Gasteiger partial charge on any atom is -0.350 e. The largest absolute Gasteiger partial charge is 0.350 e. The van der Waals surface area contributed by atoms with Crippen molar-refractivity contribution in [3.8, 4) is 0 Å². The topological polar surface area (TPSA) is 80.5 Å². The van der Waals surface area contributed by atoms with E-state index in [9.17, 15) is 4.79 Å². The third kappa shape index (κ3) is 3.43. The van der Waals surface area contributed by atoms with Crippen molar-refractivity contribution in [1.82, 2.24) is 29.9 Å². The Morgan fingerprint density at radius 1 is 1.46 bits per heavy atom. The highest BCUT2D eigenvalue weighted by Crippen LogP contribution is 2.41. The fourth-order valence-corrected chi connectivity index (χ4v) is 2.85. The van der Waals surface area contributed by atoms with Gasteiger partial charge in [-0.1, -0.05) is 0 Å². The van der Waals surface area contributed by atoms with Crippen molar-refractivity contribution in [1.29, 1.82) is 0 Å². The second-order valence-electron chi connectivity index (χ2n) is 7.32. The summed E-state index contributed by atoms with van der Waals surface area (Å²) in [6.45, 7) is 6.82. The van der Waals surface area contributed by atoms with Gasteiger partial charge in [0.25, 0.3) is 5.91 Å². The van der Waals surface area contributed by atoms with Gasteiger partial charge in [-0.05, 0) is 51.9 Å². The monoisotopic (exact) mass is 348 g/mol. The van der Waals surface area contributed by atoms with Crippen LogP contribution in [0, 0.1) is 4.77 Å². The number of carbonyl (C=O) groups excluding carboxylic acids is 1. The van der Waals surface area contributed by atoms with Gasteiger partial charge in [-0.2, -0.15) is 10.2 Å². The Bertz CT molecular complexity index is 805. The zero-order valence-electron chi connectivity index (χ0n) is 14.6. The molecule has 2 aromatic rings. The maximum absolute atomic E-state index is 12.4. The number of amides is 1. The van der Waals surface area contributed by atoms with Crippen molar-refractivity contribution in [2.45, 2.75) is 51.5 Å². The van der Waals surface area contributed by atoms with Crippen molar-refractivity contribution in [2.75, 3.05) is 6.54 Å². The summed E-state index contributed by atoms with van der Waals surface area (Å²) in [6, 6.07) is 1.94. The maximum atomic E-state index is 12.4. The van der Waals surface area contributed by atoms with E-state index in [1.807, 2.05) is 17.8 Å². The molecule has 0 bridgehead atoms. The minimum atomic E-state index is -0.142. The van der Waals surface area contributed by atoms with Gasteiger partial charge >= 0.3 is 0 Å². The van der Waals surface area contributed by atoms with Crippen molar-refractivity contribution < 1.29 is 4.79 Å². The summed E-state index contributed by atoms with van der Waals surface area (Å²) in [5.41, 5.74) is 1.53. The third-order valence-electron chi connectivity index (χ3n) is 4.21. The number of nitrogens with zero attached hydrogens (tertiary/aromatic N) is 4. The Morgan fingerprint density at radius 2 is 2.17 bits per heavy atom. The minimum absolute atomic E-state index is 0.126. The standard InChI is InChI=1S/C16H24N6OS/c1-16(2,3)22-12(10-5-6-10)9-11(20-22)14(23)17-8-7-13-18-19-15(24)21(13)4/h9-10H,5-8H2,1-4H3,(H,17,23)(H,19,24). The lowest BCUT2D eigenvalue weighted by atomic mass is 10.1. The molecule has 0 spiro atoms. The van der Waals surface area contributed by atoms with E-state index in [4.69, 9.17) is 12.2 Å². The van der Waals surface area contributed by atoms with Crippen LogP contribution in [-0.2, 0) is 19.0 Å². The number of hydrogen-bond acceptors (Lipinski definition) is 4. The molecule has 8 heteroatoms. The van der Waals surface area contributed by atoms with Crippen LogP contribution >= 0.6 is 12.2 Å². The molecule has 1 fully saturated rings. The zero-order chi connectivity index (χ0) is 17.5. The molecule has 2 heterocycles. The van der Waals surface area contributed by atoms with Crippen LogP contribution in [0.25, 0.3) is 0 Å². The summed E-state index contributed by atoms with van der Waals surface area (Å²) in [5.74, 6) is 1.22. The summed E-state index contributed by atoms with van der Waals surface area (Å²) >= 11 is 5.08. The van der Waals surface area contributed by atoms with Gasteiger partial charge in [0.05, 0.1) is 5.54 Å². The summed E-state index contributed by atoms with van der Waals surface area (Å²) in [6.07, 6.45) is 2.98. The van der Waals surface area contributed by atoms with Gasteiger partial charge in [0.2, 0.25) is 0 Å². The Kier molecular flexibility index (Phi) is 4.33. The molecule has 1 saturated carbocycles. The van der Waals surface area contributed by atoms with Crippen molar-refractivity contribution >= 4 is 18.1 Å². The summed E-state index contributed by atoms with van der Waals surface area (Å²) in [4.78, 5) is 12.4. The van der Waals surface area contributed by atoms with Crippen LogP contribution < -0.4 is 5.32 Å². The van der Waals surface area contributed by atoms with Gasteiger partial charge in [0.1, 0.15) is 11.5 Å². The highest BCUT2D eigenvalue weighted by Gasteiger charge is 2.32. The second kappa shape index (κ2) is 6.16.